The second-order valence-corrected chi connectivity index (χ2v) is 8.08. The summed E-state index contributed by atoms with van der Waals surface area (Å²) in [5.41, 5.74) is 0.692. The van der Waals surface area contributed by atoms with Crippen LogP contribution in [0.5, 0.6) is 0 Å². The van der Waals surface area contributed by atoms with E-state index in [-0.39, 0.29) is 29.0 Å². The highest BCUT2D eigenvalue weighted by atomic mass is 35.5. The summed E-state index contributed by atoms with van der Waals surface area (Å²) in [5.74, 6) is -0.547. The van der Waals surface area contributed by atoms with E-state index in [4.69, 9.17) is 27.9 Å². The molecular formula is C19H19Cl2FN2O2S. The van der Waals surface area contributed by atoms with Gasteiger partial charge in [0, 0.05) is 18.0 Å². The Morgan fingerprint density at radius 3 is 2.52 bits per heavy atom. The normalized spacial score (nSPS) is 19.8. The van der Waals surface area contributed by atoms with Gasteiger partial charge in [0.1, 0.15) is 5.82 Å². The number of para-hydroxylation sites is 1. The Labute approximate surface area is 172 Å². The van der Waals surface area contributed by atoms with E-state index in [1.165, 1.54) is 12.1 Å². The number of amides is 1. The highest BCUT2D eigenvalue weighted by Crippen LogP contribution is 2.34. The van der Waals surface area contributed by atoms with Crippen molar-refractivity contribution in [3.8, 4) is 0 Å². The Bertz CT molecular complexity index is 842. The van der Waals surface area contributed by atoms with Crippen LogP contribution in [0.4, 0.5) is 10.1 Å². The third-order valence-corrected chi connectivity index (χ3v) is 5.72. The molecule has 0 bridgehead atoms. The average molecular weight is 429 g/mol. The highest BCUT2D eigenvalue weighted by molar-refractivity contribution is 8.00. The van der Waals surface area contributed by atoms with Gasteiger partial charge >= 0.3 is 0 Å². The summed E-state index contributed by atoms with van der Waals surface area (Å²) in [7, 11) is 0. The number of ether oxygens (including phenoxy) is 1. The van der Waals surface area contributed by atoms with Crippen LogP contribution in [-0.2, 0) is 4.74 Å². The van der Waals surface area contributed by atoms with E-state index >= 15 is 0 Å². The van der Waals surface area contributed by atoms with Gasteiger partial charge < -0.3 is 14.4 Å². The van der Waals surface area contributed by atoms with Crippen LogP contribution in [-0.4, -0.2) is 36.1 Å². The van der Waals surface area contributed by atoms with E-state index in [9.17, 15) is 9.18 Å². The van der Waals surface area contributed by atoms with Gasteiger partial charge in [0.05, 0.1) is 33.5 Å². The van der Waals surface area contributed by atoms with Crippen molar-refractivity contribution in [3.63, 3.8) is 0 Å². The third kappa shape index (κ3) is 4.88. The van der Waals surface area contributed by atoms with Crippen molar-refractivity contribution in [1.82, 2.24) is 4.90 Å². The van der Waals surface area contributed by atoms with E-state index in [0.29, 0.717) is 34.3 Å². The fraction of sp³-hybridized carbons (Fsp3) is 0.316. The van der Waals surface area contributed by atoms with E-state index in [2.05, 4.69) is 4.72 Å². The van der Waals surface area contributed by atoms with Crippen LogP contribution in [0.1, 0.15) is 24.2 Å². The van der Waals surface area contributed by atoms with Crippen LogP contribution in [0.15, 0.2) is 41.3 Å². The zero-order valence-electron chi connectivity index (χ0n) is 14.8. The molecule has 2 atom stereocenters. The number of hydrogen-bond acceptors (Lipinski definition) is 4. The minimum atomic E-state index is -0.373. The quantitative estimate of drug-likeness (QED) is 0.652. The molecule has 2 aromatic carbocycles. The molecule has 2 aromatic rings. The third-order valence-electron chi connectivity index (χ3n) is 4.10. The number of halogens is 3. The standard InChI is InChI=1S/C19H19Cl2FN2O2S/c1-11-9-24(10-12(2)26-11)19(25)13-7-18(15(21)8-14(13)20)27-23-17-6-4-3-5-16(17)22/h3-8,11-12,23H,9-10H2,1-2H3/t11-,12+. The van der Waals surface area contributed by atoms with Crippen molar-refractivity contribution in [2.45, 2.75) is 31.0 Å². The van der Waals surface area contributed by atoms with Crippen LogP contribution in [0.2, 0.25) is 10.0 Å². The van der Waals surface area contributed by atoms with Crippen molar-refractivity contribution < 1.29 is 13.9 Å². The molecule has 0 unspecified atom stereocenters. The lowest BCUT2D eigenvalue weighted by Gasteiger charge is -2.35. The Morgan fingerprint density at radius 1 is 1.19 bits per heavy atom. The summed E-state index contributed by atoms with van der Waals surface area (Å²) < 4.78 is 22.4. The Kier molecular flexibility index (Phi) is 6.52. The molecule has 8 heteroatoms. The molecule has 0 saturated carbocycles. The molecule has 144 valence electrons. The van der Waals surface area contributed by atoms with Gasteiger partial charge in [-0.2, -0.15) is 0 Å². The monoisotopic (exact) mass is 428 g/mol. The van der Waals surface area contributed by atoms with Gasteiger partial charge in [0.2, 0.25) is 0 Å². The molecule has 1 amide bonds. The first-order valence-corrected chi connectivity index (χ1v) is 10.0. The highest BCUT2D eigenvalue weighted by Gasteiger charge is 2.28. The molecule has 1 heterocycles. The predicted molar refractivity (Wildman–Crippen MR) is 108 cm³/mol. The summed E-state index contributed by atoms with van der Waals surface area (Å²) >= 11 is 13.7. The maximum Gasteiger partial charge on any atom is 0.255 e. The molecule has 1 fully saturated rings. The number of carbonyl (C=O) groups is 1. The minimum absolute atomic E-state index is 0.0413. The van der Waals surface area contributed by atoms with Gasteiger partial charge in [-0.15, -0.1) is 0 Å². The number of carbonyl (C=O) groups excluding carboxylic acids is 1. The van der Waals surface area contributed by atoms with Crippen LogP contribution in [0.25, 0.3) is 0 Å². The van der Waals surface area contributed by atoms with Gasteiger partial charge in [-0.3, -0.25) is 4.79 Å². The Hall–Kier alpha value is -1.47. The average Bonchev–Trinajstić information content (AvgIpc) is 2.61. The van der Waals surface area contributed by atoms with Crippen molar-refractivity contribution in [2.24, 2.45) is 0 Å². The lowest BCUT2D eigenvalue weighted by molar-refractivity contribution is -0.0586. The van der Waals surface area contributed by atoms with Gasteiger partial charge in [-0.05, 0) is 50.1 Å². The minimum Gasteiger partial charge on any atom is -0.372 e. The van der Waals surface area contributed by atoms with Gasteiger partial charge in [-0.25, -0.2) is 4.39 Å². The van der Waals surface area contributed by atoms with E-state index < -0.39 is 0 Å². The Morgan fingerprint density at radius 2 is 1.85 bits per heavy atom. The van der Waals surface area contributed by atoms with E-state index in [1.54, 1.807) is 29.2 Å². The van der Waals surface area contributed by atoms with E-state index in [0.717, 1.165) is 11.9 Å². The fourth-order valence-electron chi connectivity index (χ4n) is 2.94. The van der Waals surface area contributed by atoms with Crippen molar-refractivity contribution in [1.29, 1.82) is 0 Å². The SMILES string of the molecule is C[C@@H]1CN(C(=O)c2cc(SNc3ccccc3F)c(Cl)cc2Cl)C[C@H](C)O1. The molecule has 4 nitrogen and oxygen atoms in total. The van der Waals surface area contributed by atoms with Crippen molar-refractivity contribution in [3.05, 3.63) is 57.8 Å². The number of nitrogens with one attached hydrogen (secondary N) is 1. The molecule has 0 spiro atoms. The molecule has 3 rings (SSSR count). The molecule has 27 heavy (non-hydrogen) atoms. The summed E-state index contributed by atoms with van der Waals surface area (Å²) in [4.78, 5) is 15.3. The van der Waals surface area contributed by atoms with E-state index in [1.807, 2.05) is 13.8 Å². The summed E-state index contributed by atoms with van der Waals surface area (Å²) in [6, 6.07) is 9.49. The first-order valence-electron chi connectivity index (χ1n) is 8.46. The maximum atomic E-state index is 13.8. The first-order chi connectivity index (χ1) is 12.8. The molecule has 0 aliphatic carbocycles. The predicted octanol–water partition coefficient (Wildman–Crippen LogP) is 5.50. The number of benzene rings is 2. The Balaban J connectivity index is 1.81. The van der Waals surface area contributed by atoms with Gasteiger partial charge in [0.15, 0.2) is 0 Å². The molecule has 1 aliphatic rings. The molecule has 1 N–H and O–H groups in total. The second-order valence-electron chi connectivity index (χ2n) is 6.41. The number of hydrogen-bond donors (Lipinski definition) is 1. The number of anilines is 1. The van der Waals surface area contributed by atoms with Crippen LogP contribution >= 0.6 is 35.1 Å². The van der Waals surface area contributed by atoms with Gasteiger partial charge in [0.25, 0.3) is 5.91 Å². The molecular weight excluding hydrogens is 410 g/mol. The number of nitrogens with zero attached hydrogens (tertiary/aromatic N) is 1. The van der Waals surface area contributed by atoms with Crippen molar-refractivity contribution >= 4 is 46.7 Å². The van der Waals surface area contributed by atoms with Crippen molar-refractivity contribution in [2.75, 3.05) is 17.8 Å². The summed E-state index contributed by atoms with van der Waals surface area (Å²) in [5, 5.41) is 0.668. The smallest absolute Gasteiger partial charge is 0.255 e. The molecule has 1 saturated heterocycles. The lowest BCUT2D eigenvalue weighted by Crippen LogP contribution is -2.48. The molecule has 0 aromatic heterocycles. The fourth-order valence-corrected chi connectivity index (χ4v) is 4.24. The summed E-state index contributed by atoms with van der Waals surface area (Å²) in [6.45, 7) is 4.86. The second kappa shape index (κ2) is 8.69. The lowest BCUT2D eigenvalue weighted by atomic mass is 10.1. The zero-order chi connectivity index (χ0) is 19.6. The first kappa shape index (κ1) is 20.3. The van der Waals surface area contributed by atoms with Crippen LogP contribution in [0, 0.1) is 5.82 Å². The number of morpholine rings is 1. The van der Waals surface area contributed by atoms with Crippen LogP contribution < -0.4 is 4.72 Å². The van der Waals surface area contributed by atoms with Crippen LogP contribution in [0.3, 0.4) is 0 Å². The molecule has 1 aliphatic heterocycles. The summed E-state index contributed by atoms with van der Waals surface area (Å²) in [6.07, 6.45) is -0.0827. The zero-order valence-corrected chi connectivity index (χ0v) is 17.2. The molecule has 0 radical (unpaired) electrons. The number of rotatable bonds is 4. The maximum absolute atomic E-state index is 13.8. The largest absolute Gasteiger partial charge is 0.372 e. The van der Waals surface area contributed by atoms with Gasteiger partial charge in [-0.1, -0.05) is 35.3 Å². The topological polar surface area (TPSA) is 41.6 Å².